The molecule has 1 aliphatic rings. The molecule has 8 heteroatoms. The zero-order valence-corrected chi connectivity index (χ0v) is 20.9. The molecule has 2 N–H and O–H groups in total. The molecule has 7 nitrogen and oxygen atoms in total. The van der Waals surface area contributed by atoms with E-state index < -0.39 is 30.0 Å². The fourth-order valence-corrected chi connectivity index (χ4v) is 4.52. The number of hydrogen-bond donors (Lipinski definition) is 2. The zero-order valence-electron chi connectivity index (χ0n) is 20.9. The van der Waals surface area contributed by atoms with Crippen LogP contribution in [0.5, 0.6) is 0 Å². The Morgan fingerprint density at radius 3 is 2.21 bits per heavy atom. The van der Waals surface area contributed by atoms with Crippen LogP contribution < -0.4 is 10.6 Å². The van der Waals surface area contributed by atoms with Gasteiger partial charge in [0.15, 0.2) is 12.1 Å². The van der Waals surface area contributed by atoms with Crippen LogP contribution in [-0.2, 0) is 22.6 Å². The lowest BCUT2D eigenvalue weighted by molar-refractivity contribution is -0.126. The molecule has 0 spiro atoms. The van der Waals surface area contributed by atoms with Crippen LogP contribution in [0.4, 0.5) is 14.9 Å². The van der Waals surface area contributed by atoms with Gasteiger partial charge in [-0.05, 0) is 41.0 Å². The van der Waals surface area contributed by atoms with Gasteiger partial charge in [-0.1, -0.05) is 84.9 Å². The number of carbonyl (C=O) groups is 3. The van der Waals surface area contributed by atoms with Crippen LogP contribution in [0.15, 0.2) is 109 Å². The largest absolute Gasteiger partial charge is 0.438 e. The van der Waals surface area contributed by atoms with Gasteiger partial charge in [0.25, 0.3) is 5.91 Å². The molecule has 1 saturated heterocycles. The van der Waals surface area contributed by atoms with E-state index in [0.29, 0.717) is 11.3 Å². The van der Waals surface area contributed by atoms with Crippen LogP contribution in [-0.4, -0.2) is 28.8 Å². The molecule has 196 valence electrons. The van der Waals surface area contributed by atoms with Crippen LogP contribution in [0.1, 0.15) is 33.2 Å². The first-order valence-electron chi connectivity index (χ1n) is 12.5. The molecule has 3 amide bonds. The molecule has 0 saturated carbocycles. The summed E-state index contributed by atoms with van der Waals surface area (Å²) in [5.41, 5.74) is 2.57. The first-order valence-corrected chi connectivity index (χ1v) is 12.5. The maximum atomic E-state index is 14.1. The van der Waals surface area contributed by atoms with E-state index in [1.54, 1.807) is 30.3 Å². The minimum Gasteiger partial charge on any atom is -0.438 e. The highest BCUT2D eigenvalue weighted by Gasteiger charge is 2.47. The molecule has 0 unspecified atom stereocenters. The predicted octanol–water partition coefficient (Wildman–Crippen LogP) is 5.46. The number of cyclic esters (lactones) is 1. The molecular weight excluding hydrogens is 497 g/mol. The van der Waals surface area contributed by atoms with Crippen molar-refractivity contribution in [3.8, 4) is 0 Å². The number of nitrogens with one attached hydrogen (secondary N) is 2. The third kappa shape index (κ3) is 5.96. The smallest absolute Gasteiger partial charge is 0.411 e. The van der Waals surface area contributed by atoms with Gasteiger partial charge in [-0.3, -0.25) is 14.5 Å². The quantitative estimate of drug-likeness (QED) is 0.321. The molecule has 1 fully saturated rings. The minimum absolute atomic E-state index is 0.0950. The summed E-state index contributed by atoms with van der Waals surface area (Å²) in [5, 5.41) is 5.61. The number of ether oxygens (including phenoxy) is 1. The third-order valence-corrected chi connectivity index (χ3v) is 6.45. The number of rotatable bonds is 8. The number of nitrogens with zero attached hydrogens (tertiary/aromatic N) is 1. The summed E-state index contributed by atoms with van der Waals surface area (Å²) in [6, 6.07) is 30.2. The average molecular weight is 524 g/mol. The molecule has 39 heavy (non-hydrogen) atoms. The molecule has 4 aromatic carbocycles. The van der Waals surface area contributed by atoms with Crippen molar-refractivity contribution in [1.82, 2.24) is 10.2 Å². The molecule has 1 heterocycles. The lowest BCUT2D eigenvalue weighted by Gasteiger charge is -2.24. The van der Waals surface area contributed by atoms with E-state index in [1.165, 1.54) is 23.1 Å². The fourth-order valence-electron chi connectivity index (χ4n) is 4.52. The average Bonchev–Trinajstić information content (AvgIpc) is 3.29. The molecule has 1 aliphatic heterocycles. The summed E-state index contributed by atoms with van der Waals surface area (Å²) >= 11 is 0. The van der Waals surface area contributed by atoms with Gasteiger partial charge in [0, 0.05) is 12.2 Å². The Labute approximate surface area is 225 Å². The van der Waals surface area contributed by atoms with Crippen LogP contribution in [0.2, 0.25) is 0 Å². The number of carbonyl (C=O) groups excluding carboxylic acids is 3. The molecule has 5 rings (SSSR count). The van der Waals surface area contributed by atoms with E-state index in [1.807, 2.05) is 60.7 Å². The van der Waals surface area contributed by atoms with Crippen molar-refractivity contribution in [3.63, 3.8) is 0 Å². The Kier molecular flexibility index (Phi) is 7.63. The van der Waals surface area contributed by atoms with Gasteiger partial charge in [-0.15, -0.1) is 0 Å². The molecule has 2 atom stereocenters. The second kappa shape index (κ2) is 11.6. The van der Waals surface area contributed by atoms with Crippen LogP contribution in [0, 0.1) is 5.82 Å². The SMILES string of the molecule is O=C(Nc1cccc([C@H]2OC(=O)N(Cc3ccccc3)[C@@H]2C(=O)NCc2ccccc2)c1)c1ccccc1F. The van der Waals surface area contributed by atoms with E-state index in [9.17, 15) is 18.8 Å². The second-order valence-corrected chi connectivity index (χ2v) is 9.13. The lowest BCUT2D eigenvalue weighted by Crippen LogP contribution is -2.46. The van der Waals surface area contributed by atoms with Crippen LogP contribution in [0.3, 0.4) is 0 Å². The summed E-state index contributed by atoms with van der Waals surface area (Å²) < 4.78 is 19.8. The van der Waals surface area contributed by atoms with Crippen molar-refractivity contribution in [2.75, 3.05) is 5.32 Å². The Morgan fingerprint density at radius 1 is 0.821 bits per heavy atom. The maximum absolute atomic E-state index is 14.1. The van der Waals surface area contributed by atoms with Gasteiger partial charge in [-0.2, -0.15) is 0 Å². The first-order chi connectivity index (χ1) is 19.0. The normalized spacial score (nSPS) is 16.4. The highest BCUT2D eigenvalue weighted by molar-refractivity contribution is 6.04. The maximum Gasteiger partial charge on any atom is 0.411 e. The topological polar surface area (TPSA) is 87.7 Å². The Bertz CT molecular complexity index is 1480. The number of anilines is 1. The number of amides is 3. The van der Waals surface area contributed by atoms with Gasteiger partial charge in [0.1, 0.15) is 5.82 Å². The van der Waals surface area contributed by atoms with Gasteiger partial charge in [0.05, 0.1) is 12.1 Å². The molecule has 4 aromatic rings. The van der Waals surface area contributed by atoms with Crippen molar-refractivity contribution in [3.05, 3.63) is 137 Å². The highest BCUT2D eigenvalue weighted by Crippen LogP contribution is 2.35. The zero-order chi connectivity index (χ0) is 27.2. The van der Waals surface area contributed by atoms with Gasteiger partial charge >= 0.3 is 6.09 Å². The van der Waals surface area contributed by atoms with Crippen molar-refractivity contribution in [2.24, 2.45) is 0 Å². The summed E-state index contributed by atoms with van der Waals surface area (Å²) in [6.45, 7) is 0.471. The number of hydrogen-bond acceptors (Lipinski definition) is 4. The van der Waals surface area contributed by atoms with Gasteiger partial charge in [0.2, 0.25) is 5.91 Å². The van der Waals surface area contributed by atoms with Crippen molar-refractivity contribution in [1.29, 1.82) is 0 Å². The summed E-state index contributed by atoms with van der Waals surface area (Å²) in [5.74, 6) is -1.62. The predicted molar refractivity (Wildman–Crippen MR) is 144 cm³/mol. The van der Waals surface area contributed by atoms with E-state index in [2.05, 4.69) is 10.6 Å². The van der Waals surface area contributed by atoms with E-state index >= 15 is 0 Å². The summed E-state index contributed by atoms with van der Waals surface area (Å²) in [7, 11) is 0. The number of benzene rings is 4. The van der Waals surface area contributed by atoms with Crippen LogP contribution in [0.25, 0.3) is 0 Å². The van der Waals surface area contributed by atoms with Gasteiger partial charge < -0.3 is 15.4 Å². The van der Waals surface area contributed by atoms with Crippen molar-refractivity contribution >= 4 is 23.6 Å². The minimum atomic E-state index is -0.959. The van der Waals surface area contributed by atoms with Crippen molar-refractivity contribution < 1.29 is 23.5 Å². The molecular formula is C31H26FN3O4. The summed E-state index contributed by atoms with van der Waals surface area (Å²) in [6.07, 6.45) is -1.55. The Morgan fingerprint density at radius 2 is 1.49 bits per heavy atom. The highest BCUT2D eigenvalue weighted by atomic mass is 19.1. The second-order valence-electron chi connectivity index (χ2n) is 9.13. The van der Waals surface area contributed by atoms with E-state index in [0.717, 1.165) is 11.1 Å². The monoisotopic (exact) mass is 523 g/mol. The summed E-state index contributed by atoms with van der Waals surface area (Å²) in [4.78, 5) is 40.7. The molecule has 0 aliphatic carbocycles. The first kappa shape index (κ1) is 25.7. The van der Waals surface area contributed by atoms with Crippen molar-refractivity contribution in [2.45, 2.75) is 25.2 Å². The Hall–Kier alpha value is -4.98. The van der Waals surface area contributed by atoms with E-state index in [4.69, 9.17) is 4.74 Å². The van der Waals surface area contributed by atoms with Gasteiger partial charge in [-0.25, -0.2) is 9.18 Å². The lowest BCUT2D eigenvalue weighted by atomic mass is 10.00. The fraction of sp³-hybridized carbons (Fsp3) is 0.129. The molecule has 0 bridgehead atoms. The van der Waals surface area contributed by atoms with Crippen LogP contribution >= 0.6 is 0 Å². The Balaban J connectivity index is 1.41. The number of halogens is 1. The molecule has 0 aromatic heterocycles. The third-order valence-electron chi connectivity index (χ3n) is 6.45. The molecule has 0 radical (unpaired) electrons. The van der Waals surface area contributed by atoms with E-state index in [-0.39, 0.29) is 24.6 Å². The standard InChI is InChI=1S/C31H26FN3O4/c32-26-17-8-7-16-25(26)29(36)34-24-15-9-14-23(18-24)28-27(30(37)33-19-21-10-3-1-4-11-21)35(31(38)39-28)20-22-12-5-2-6-13-22/h1-18,27-28H,19-20H2,(H,33,37)(H,34,36)/t27-,28+/m0/s1.